The first-order valence-corrected chi connectivity index (χ1v) is 27.2. The maximum Gasteiger partial charge on any atom is 2.00 e. The fourth-order valence-corrected chi connectivity index (χ4v) is 17.8. The van der Waals surface area contributed by atoms with Crippen LogP contribution in [0, 0.1) is 86.9 Å². The zero-order chi connectivity index (χ0) is 50.6. The molecule has 8 saturated carbocycles. The van der Waals surface area contributed by atoms with Crippen LogP contribution in [0.3, 0.4) is 0 Å². The first-order valence-electron chi connectivity index (χ1n) is 27.2. The Hall–Kier alpha value is -2.28. The van der Waals surface area contributed by atoms with E-state index in [0.29, 0.717) is 46.0 Å². The second-order valence-electron chi connectivity index (χ2n) is 25.4. The van der Waals surface area contributed by atoms with Crippen LogP contribution < -0.4 is 31.4 Å². The summed E-state index contributed by atoms with van der Waals surface area (Å²) < 4.78 is 20.8. The minimum atomic E-state index is -0.483. The molecule has 0 heterocycles. The minimum absolute atomic E-state index is 0. The van der Waals surface area contributed by atoms with Crippen LogP contribution in [0.2, 0.25) is 0 Å². The van der Waals surface area contributed by atoms with Gasteiger partial charge >= 0.3 is 23.1 Å². The topological polar surface area (TPSA) is 124 Å². The standard InChI is InChI=1S/C29H42O4.C23H39NO3.C8H9O2.2CH4.ClH.Mg/c1-27(31)12-13-28(2)19(17-27)6-7-22-23-8-9-25(29(23,3)11-10-24(22)28)26(30)18-14-20(32-4)16-21(15-18)33-5;1-21(26)12-13-22(2)15(14-21)6-7-16-17-8-9-19(20(25)24(4)27-5)23(17,3)11-10-18(16)22;1-9-7-4-3-5-8(6-7)10-2;;;;/h14-16,19,22-25,31H,6-13,17H2,1-5H3;15-19,26H,6-14H2,1-5H3;4-6H,1-2H3;2*1H4;1H;/q;;-1;;;;+2/p-1/t19-,22+,23+,24+,25-,27-,28+,29+;15-,16+,17+,18+,19-,21-,22+,23+;;;;;/m11...../s1. The third-order valence-electron chi connectivity index (χ3n) is 21.9. The van der Waals surface area contributed by atoms with Crippen molar-refractivity contribution in [2.75, 3.05) is 42.6 Å². The third-order valence-corrected chi connectivity index (χ3v) is 21.9. The van der Waals surface area contributed by atoms with Gasteiger partial charge in [0.15, 0.2) is 5.78 Å². The van der Waals surface area contributed by atoms with Crippen LogP contribution in [0.4, 0.5) is 0 Å². The number of amides is 1. The van der Waals surface area contributed by atoms with E-state index in [1.54, 1.807) is 60.8 Å². The Balaban J connectivity index is 0.000000261. The predicted molar refractivity (Wildman–Crippen MR) is 293 cm³/mol. The SMILES string of the molecule is C.C.CON(C)C(=O)[C@H]1CC[C@H]2[C@@H]3CC[C@@H]4C[C@](C)(O)CC[C@]4(C)[C@H]3CC[C@]12C.COc1c[c-]cc(OC)c1.COc1cc(OC)cc(C(=O)[C@H]2CC[C@H]3[C@@H]4CC[C@@H]5C[C@](C)(O)CC[C@]5(C)[C@H]4CC[C@]23C)c1.[Cl-].[Mg+2]. The molecule has 74 heavy (non-hydrogen) atoms. The van der Waals surface area contributed by atoms with Crippen molar-refractivity contribution >= 4 is 34.7 Å². The number of benzene rings is 2. The number of halogens is 1. The number of rotatable bonds is 8. The predicted octanol–water partition coefficient (Wildman–Crippen LogP) is 10.1. The van der Waals surface area contributed by atoms with Crippen LogP contribution in [0.5, 0.6) is 23.0 Å². The van der Waals surface area contributed by atoms with E-state index < -0.39 is 11.2 Å². The van der Waals surface area contributed by atoms with Crippen LogP contribution in [0.15, 0.2) is 36.4 Å². The van der Waals surface area contributed by atoms with Gasteiger partial charge in [0.2, 0.25) is 5.91 Å². The summed E-state index contributed by atoms with van der Waals surface area (Å²) in [4.78, 5) is 32.0. The molecule has 8 aliphatic rings. The van der Waals surface area contributed by atoms with Crippen LogP contribution in [0.1, 0.15) is 182 Å². The van der Waals surface area contributed by atoms with E-state index in [-0.39, 0.29) is 84.7 Å². The Morgan fingerprint density at radius 1 is 0.527 bits per heavy atom. The van der Waals surface area contributed by atoms with Crippen molar-refractivity contribution in [3.05, 3.63) is 48.0 Å². The molecule has 0 saturated heterocycles. The molecule has 16 atom stereocenters. The molecule has 414 valence electrons. The van der Waals surface area contributed by atoms with E-state index in [1.165, 1.54) is 69.3 Å². The van der Waals surface area contributed by atoms with Gasteiger partial charge in [-0.3, -0.25) is 14.4 Å². The smallest absolute Gasteiger partial charge is 1.00 e. The van der Waals surface area contributed by atoms with Gasteiger partial charge < -0.3 is 41.6 Å². The first-order chi connectivity index (χ1) is 33.1. The molecule has 8 fully saturated rings. The number of fused-ring (bicyclic) bond motifs is 10. The van der Waals surface area contributed by atoms with Crippen molar-refractivity contribution in [2.45, 2.75) is 183 Å². The first kappa shape index (κ1) is 64.2. The fraction of sp³-hybridized carbons (Fsp3) is 0.774. The van der Waals surface area contributed by atoms with Crippen LogP contribution >= 0.6 is 0 Å². The fourth-order valence-electron chi connectivity index (χ4n) is 17.8. The Morgan fingerprint density at radius 3 is 1.34 bits per heavy atom. The van der Waals surface area contributed by atoms with E-state index >= 15 is 0 Å². The summed E-state index contributed by atoms with van der Waals surface area (Å²) in [5, 5.41) is 22.8. The molecular weight excluding hydrogens is 962 g/mol. The largest absolute Gasteiger partial charge is 2.00 e. The van der Waals surface area contributed by atoms with Crippen molar-refractivity contribution in [3.8, 4) is 23.0 Å². The monoisotopic (exact) mass is 1060 g/mol. The van der Waals surface area contributed by atoms with Crippen molar-refractivity contribution in [3.63, 3.8) is 0 Å². The second-order valence-corrected chi connectivity index (χ2v) is 25.4. The van der Waals surface area contributed by atoms with Crippen molar-refractivity contribution in [2.24, 2.45) is 80.8 Å². The maximum absolute atomic E-state index is 13.8. The summed E-state index contributed by atoms with van der Waals surface area (Å²) in [5.41, 5.74) is 0.739. The number of aliphatic hydroxyl groups is 2. The van der Waals surface area contributed by atoms with E-state index in [4.69, 9.17) is 23.8 Å². The summed E-state index contributed by atoms with van der Waals surface area (Å²) in [7, 11) is 9.84. The summed E-state index contributed by atoms with van der Waals surface area (Å²) in [5.74, 6) is 9.18. The maximum atomic E-state index is 13.8. The van der Waals surface area contributed by atoms with Gasteiger partial charge in [-0.25, -0.2) is 5.06 Å². The zero-order valence-corrected chi connectivity index (χ0v) is 48.4. The van der Waals surface area contributed by atoms with Gasteiger partial charge in [-0.05, 0) is 211 Å². The molecule has 0 unspecified atom stereocenters. The van der Waals surface area contributed by atoms with Gasteiger partial charge in [0.05, 0.1) is 46.8 Å². The zero-order valence-electron chi connectivity index (χ0n) is 46.2. The number of hydrogen-bond donors (Lipinski definition) is 2. The van der Waals surface area contributed by atoms with Gasteiger partial charge in [-0.15, -0.1) is 12.1 Å². The molecular formula is C62H98ClMgNO9. The number of methoxy groups -OCH3 is 4. The van der Waals surface area contributed by atoms with Crippen molar-refractivity contribution in [1.29, 1.82) is 0 Å². The van der Waals surface area contributed by atoms with Crippen LogP contribution in [-0.2, 0) is 9.63 Å². The van der Waals surface area contributed by atoms with Gasteiger partial charge in [0, 0.05) is 42.0 Å². The van der Waals surface area contributed by atoms with Crippen LogP contribution in [-0.4, -0.2) is 104 Å². The number of carbonyl (C=O) groups is 2. The molecule has 0 aliphatic heterocycles. The van der Waals surface area contributed by atoms with Gasteiger partial charge in [0.1, 0.15) is 11.5 Å². The van der Waals surface area contributed by atoms with E-state index in [9.17, 15) is 19.8 Å². The molecule has 1 amide bonds. The summed E-state index contributed by atoms with van der Waals surface area (Å²) >= 11 is 0. The Morgan fingerprint density at radius 2 is 0.919 bits per heavy atom. The summed E-state index contributed by atoms with van der Waals surface area (Å²) in [6.07, 6.45) is 20.4. The number of ketones is 1. The van der Waals surface area contributed by atoms with Gasteiger partial charge in [-0.2, -0.15) is 6.07 Å². The number of carbonyl (C=O) groups excluding carboxylic acids is 2. The molecule has 10 rings (SSSR count). The molecule has 12 heteroatoms. The number of Topliss-reactive ketones (excluding diaryl/α,β-unsaturated/α-hetero) is 1. The van der Waals surface area contributed by atoms with Crippen LogP contribution in [0.25, 0.3) is 0 Å². The minimum Gasteiger partial charge on any atom is -1.00 e. The Bertz CT molecular complexity index is 2150. The van der Waals surface area contributed by atoms with E-state index in [1.807, 2.05) is 32.0 Å². The molecule has 0 aromatic heterocycles. The summed E-state index contributed by atoms with van der Waals surface area (Å²) in [6.45, 7) is 14.0. The van der Waals surface area contributed by atoms with Gasteiger partial charge in [0.25, 0.3) is 0 Å². The quantitative estimate of drug-likeness (QED) is 0.115. The average molecular weight is 1060 g/mol. The molecule has 0 spiro atoms. The normalized spacial score (nSPS) is 39.9. The number of ether oxygens (including phenoxy) is 4. The molecule has 2 aromatic carbocycles. The molecule has 2 N–H and O–H groups in total. The summed E-state index contributed by atoms with van der Waals surface area (Å²) in [6, 6.07) is 13.8. The second kappa shape index (κ2) is 24.8. The van der Waals surface area contributed by atoms with Gasteiger partial charge in [-0.1, -0.05) is 48.6 Å². The average Bonchev–Trinajstić information content (AvgIpc) is 3.90. The molecule has 0 bridgehead atoms. The number of hydrogen-bond acceptors (Lipinski definition) is 9. The third kappa shape index (κ3) is 12.0. The Kier molecular flexibility index (Phi) is 21.5. The Labute approximate surface area is 470 Å². The van der Waals surface area contributed by atoms with Crippen molar-refractivity contribution in [1.82, 2.24) is 5.06 Å². The number of nitrogens with zero attached hydrogens (tertiary/aromatic N) is 1. The molecule has 0 radical (unpaired) electrons. The number of hydroxylamine groups is 2. The van der Waals surface area contributed by atoms with E-state index in [0.717, 1.165) is 92.1 Å². The van der Waals surface area contributed by atoms with Crippen molar-refractivity contribution < 1.29 is 56.0 Å². The van der Waals surface area contributed by atoms with E-state index in [2.05, 4.69) is 33.8 Å². The molecule has 8 aliphatic carbocycles. The molecule has 10 nitrogen and oxygen atoms in total. The molecule has 2 aromatic rings.